The van der Waals surface area contributed by atoms with Crippen LogP contribution in [0.1, 0.15) is 40.0 Å². The number of rotatable bonds is 2. The molecule has 90 valence electrons. The number of piperidine rings is 1. The summed E-state index contributed by atoms with van der Waals surface area (Å²) in [6, 6.07) is 0.351. The molecule has 0 aromatic rings. The largest absolute Gasteiger partial charge is 0.338 e. The number of urea groups is 1. The molecule has 0 radical (unpaired) electrons. The first kappa shape index (κ1) is 14.2. The van der Waals surface area contributed by atoms with Crippen LogP contribution in [0.2, 0.25) is 0 Å². The second-order valence-electron chi connectivity index (χ2n) is 3.56. The second kappa shape index (κ2) is 8.53. The minimum Gasteiger partial charge on any atom is -0.338 e. The lowest BCUT2D eigenvalue weighted by Gasteiger charge is -2.30. The molecule has 2 amide bonds. The molecule has 4 heteroatoms. The predicted molar refractivity (Wildman–Crippen MR) is 63.8 cm³/mol. The van der Waals surface area contributed by atoms with Crippen LogP contribution in [-0.4, -0.2) is 36.6 Å². The molecule has 1 fully saturated rings. The summed E-state index contributed by atoms with van der Waals surface area (Å²) in [6.07, 6.45) is 2.85. The fourth-order valence-electron chi connectivity index (χ4n) is 1.45. The van der Waals surface area contributed by atoms with Crippen LogP contribution in [0, 0.1) is 0 Å². The molecule has 1 rings (SSSR count). The number of nitrogens with two attached hydrogens (primary N) is 1. The maximum Gasteiger partial charge on any atom is 0.317 e. The van der Waals surface area contributed by atoms with Crippen molar-refractivity contribution in [2.45, 2.75) is 46.1 Å². The van der Waals surface area contributed by atoms with E-state index in [1.165, 1.54) is 0 Å². The van der Waals surface area contributed by atoms with Gasteiger partial charge in [0.25, 0.3) is 0 Å². The van der Waals surface area contributed by atoms with Gasteiger partial charge in [0.1, 0.15) is 0 Å². The van der Waals surface area contributed by atoms with Crippen molar-refractivity contribution in [3.05, 3.63) is 0 Å². The van der Waals surface area contributed by atoms with Crippen LogP contribution in [0.5, 0.6) is 0 Å². The van der Waals surface area contributed by atoms with Crippen LogP contribution in [-0.2, 0) is 0 Å². The van der Waals surface area contributed by atoms with Crippen molar-refractivity contribution in [1.29, 1.82) is 0 Å². The number of likely N-dealkylation sites (tertiary alicyclic amines) is 1. The van der Waals surface area contributed by atoms with Gasteiger partial charge in [0.15, 0.2) is 0 Å². The Morgan fingerprint density at radius 1 is 1.40 bits per heavy atom. The molecule has 4 nitrogen and oxygen atoms in total. The van der Waals surface area contributed by atoms with E-state index in [0.717, 1.165) is 38.9 Å². The summed E-state index contributed by atoms with van der Waals surface area (Å²) in [4.78, 5) is 13.3. The highest BCUT2D eigenvalue weighted by Crippen LogP contribution is 2.07. The first-order chi connectivity index (χ1) is 7.24. The average molecular weight is 215 g/mol. The van der Waals surface area contributed by atoms with Crippen molar-refractivity contribution < 1.29 is 4.79 Å². The Labute approximate surface area is 93.2 Å². The Kier molecular flexibility index (Phi) is 8.09. The molecule has 0 unspecified atom stereocenters. The van der Waals surface area contributed by atoms with Crippen molar-refractivity contribution in [3.63, 3.8) is 0 Å². The summed E-state index contributed by atoms with van der Waals surface area (Å²) < 4.78 is 0. The summed E-state index contributed by atoms with van der Waals surface area (Å²) in [6.45, 7) is 8.42. The summed E-state index contributed by atoms with van der Waals surface area (Å²) in [5.41, 5.74) is 5.74. The number of amides is 2. The smallest absolute Gasteiger partial charge is 0.317 e. The molecule has 0 aromatic heterocycles. The van der Waals surface area contributed by atoms with Crippen LogP contribution in [0.25, 0.3) is 0 Å². The molecule has 0 aromatic carbocycles. The lowest BCUT2D eigenvalue weighted by Crippen LogP contribution is -2.47. The van der Waals surface area contributed by atoms with Gasteiger partial charge in [0.05, 0.1) is 0 Å². The van der Waals surface area contributed by atoms with Gasteiger partial charge in [0.2, 0.25) is 0 Å². The van der Waals surface area contributed by atoms with E-state index in [-0.39, 0.29) is 12.1 Å². The van der Waals surface area contributed by atoms with Gasteiger partial charge in [-0.2, -0.15) is 0 Å². The summed E-state index contributed by atoms with van der Waals surface area (Å²) >= 11 is 0. The van der Waals surface area contributed by atoms with Gasteiger partial charge in [-0.05, 0) is 19.3 Å². The molecule has 1 saturated heterocycles. The van der Waals surface area contributed by atoms with Crippen LogP contribution < -0.4 is 11.1 Å². The standard InChI is InChI=1S/C9H19N3O.C2H6/c1-2-5-11-9(13)12-6-3-8(10)4-7-12;1-2/h8H,2-7,10H2,1H3,(H,11,13);1-2H3. The minimum absolute atomic E-state index is 0.0637. The molecule has 0 aliphatic carbocycles. The molecular formula is C11H25N3O. The molecule has 3 N–H and O–H groups in total. The fourth-order valence-corrected chi connectivity index (χ4v) is 1.45. The van der Waals surface area contributed by atoms with Gasteiger partial charge >= 0.3 is 6.03 Å². The Morgan fingerprint density at radius 3 is 2.40 bits per heavy atom. The molecule has 1 aliphatic heterocycles. The zero-order chi connectivity index (χ0) is 11.7. The highest BCUT2D eigenvalue weighted by molar-refractivity contribution is 5.74. The topological polar surface area (TPSA) is 58.4 Å². The highest BCUT2D eigenvalue weighted by atomic mass is 16.2. The lowest BCUT2D eigenvalue weighted by atomic mass is 10.1. The minimum atomic E-state index is 0.0637. The number of hydrogen-bond acceptors (Lipinski definition) is 2. The van der Waals surface area contributed by atoms with Crippen molar-refractivity contribution in [1.82, 2.24) is 10.2 Å². The maximum atomic E-state index is 11.4. The van der Waals surface area contributed by atoms with Crippen LogP contribution in [0.15, 0.2) is 0 Å². The van der Waals surface area contributed by atoms with E-state index in [1.807, 2.05) is 25.7 Å². The maximum absolute atomic E-state index is 11.4. The van der Waals surface area contributed by atoms with Crippen molar-refractivity contribution in [2.75, 3.05) is 19.6 Å². The van der Waals surface area contributed by atoms with Crippen LogP contribution >= 0.6 is 0 Å². The number of nitrogens with one attached hydrogen (secondary N) is 1. The second-order valence-corrected chi connectivity index (χ2v) is 3.56. The normalized spacial score (nSPS) is 16.7. The highest BCUT2D eigenvalue weighted by Gasteiger charge is 2.19. The van der Waals surface area contributed by atoms with E-state index in [1.54, 1.807) is 0 Å². The SMILES string of the molecule is CC.CCCNC(=O)N1CCC(N)CC1. The van der Waals surface area contributed by atoms with Gasteiger partial charge < -0.3 is 16.0 Å². The van der Waals surface area contributed by atoms with E-state index in [4.69, 9.17) is 5.73 Å². The zero-order valence-corrected chi connectivity index (χ0v) is 10.3. The van der Waals surface area contributed by atoms with Crippen LogP contribution in [0.4, 0.5) is 4.79 Å². The van der Waals surface area contributed by atoms with Gasteiger partial charge in [0, 0.05) is 25.7 Å². The van der Waals surface area contributed by atoms with Crippen molar-refractivity contribution in [2.24, 2.45) is 5.73 Å². The van der Waals surface area contributed by atoms with Crippen molar-refractivity contribution >= 4 is 6.03 Å². The Bertz CT molecular complexity index is 165. The fraction of sp³-hybridized carbons (Fsp3) is 0.909. The summed E-state index contributed by atoms with van der Waals surface area (Å²) in [5, 5.41) is 2.86. The Morgan fingerprint density at radius 2 is 1.93 bits per heavy atom. The number of carbonyl (C=O) groups excluding carboxylic acids is 1. The van der Waals surface area contributed by atoms with Gasteiger partial charge in [-0.3, -0.25) is 0 Å². The number of nitrogens with zero attached hydrogens (tertiary/aromatic N) is 1. The van der Waals surface area contributed by atoms with Gasteiger partial charge in [-0.1, -0.05) is 20.8 Å². The first-order valence-corrected chi connectivity index (χ1v) is 6.02. The molecule has 0 spiro atoms. The van der Waals surface area contributed by atoms with E-state index >= 15 is 0 Å². The molecule has 1 aliphatic rings. The van der Waals surface area contributed by atoms with E-state index in [9.17, 15) is 4.79 Å². The quantitative estimate of drug-likeness (QED) is 0.734. The predicted octanol–water partition coefficient (Wildman–Crippen LogP) is 1.56. The summed E-state index contributed by atoms with van der Waals surface area (Å²) in [7, 11) is 0. The third-order valence-electron chi connectivity index (χ3n) is 2.35. The van der Waals surface area contributed by atoms with E-state index in [0.29, 0.717) is 0 Å². The molecular weight excluding hydrogens is 190 g/mol. The molecule has 0 atom stereocenters. The van der Waals surface area contributed by atoms with E-state index < -0.39 is 0 Å². The Balaban J connectivity index is 0.000000921. The zero-order valence-electron chi connectivity index (χ0n) is 10.3. The van der Waals surface area contributed by atoms with E-state index in [2.05, 4.69) is 5.32 Å². The van der Waals surface area contributed by atoms with Gasteiger partial charge in [-0.15, -0.1) is 0 Å². The monoisotopic (exact) mass is 215 g/mol. The molecule has 15 heavy (non-hydrogen) atoms. The summed E-state index contributed by atoms with van der Waals surface area (Å²) in [5.74, 6) is 0. The molecule has 0 saturated carbocycles. The Hall–Kier alpha value is -0.770. The van der Waals surface area contributed by atoms with Crippen LogP contribution in [0.3, 0.4) is 0 Å². The third kappa shape index (κ3) is 5.62. The van der Waals surface area contributed by atoms with Crippen molar-refractivity contribution in [3.8, 4) is 0 Å². The first-order valence-electron chi connectivity index (χ1n) is 6.02. The number of carbonyl (C=O) groups is 1. The lowest BCUT2D eigenvalue weighted by molar-refractivity contribution is 0.182. The average Bonchev–Trinajstić information content (AvgIpc) is 2.29. The van der Waals surface area contributed by atoms with Gasteiger partial charge in [-0.25, -0.2) is 4.79 Å². The molecule has 0 bridgehead atoms. The number of hydrogen-bond donors (Lipinski definition) is 2. The third-order valence-corrected chi connectivity index (χ3v) is 2.35. The molecule has 1 heterocycles.